The highest BCUT2D eigenvalue weighted by Gasteiger charge is 2.34. The van der Waals surface area contributed by atoms with Gasteiger partial charge in [-0.05, 0) is 42.2 Å². The van der Waals surface area contributed by atoms with Crippen molar-refractivity contribution < 1.29 is 27.4 Å². The van der Waals surface area contributed by atoms with E-state index in [1.165, 1.54) is 12.1 Å². The molecule has 0 radical (unpaired) electrons. The minimum absolute atomic E-state index is 0.0000909. The molecule has 7 heteroatoms. The molecule has 0 aliphatic rings. The first-order chi connectivity index (χ1) is 12.8. The number of nitrogens with one attached hydrogen (secondary N) is 1. The summed E-state index contributed by atoms with van der Waals surface area (Å²) < 4.78 is 50.5. The first-order valence-electron chi connectivity index (χ1n) is 8.58. The lowest BCUT2D eigenvalue weighted by atomic mass is 10.0. The Hall–Kier alpha value is -2.70. The maximum atomic E-state index is 13.4. The van der Waals surface area contributed by atoms with E-state index in [9.17, 15) is 18.0 Å². The zero-order valence-electron chi connectivity index (χ0n) is 15.4. The van der Waals surface area contributed by atoms with Gasteiger partial charge in [-0.2, -0.15) is 13.2 Å². The number of ether oxygens (including phenoxy) is 2. The molecule has 1 N–H and O–H groups in total. The van der Waals surface area contributed by atoms with Gasteiger partial charge in [0.1, 0.15) is 12.4 Å². The van der Waals surface area contributed by atoms with E-state index < -0.39 is 17.8 Å². The summed E-state index contributed by atoms with van der Waals surface area (Å²) in [5, 5.41) is 2.31. The number of benzene rings is 2. The van der Waals surface area contributed by atoms with Crippen LogP contribution in [-0.2, 0) is 30.4 Å². The Bertz CT molecular complexity index is 804. The summed E-state index contributed by atoms with van der Waals surface area (Å²) in [7, 11) is 1.14. The lowest BCUT2D eigenvalue weighted by Crippen LogP contribution is -2.17. The number of rotatable bonds is 6. The van der Waals surface area contributed by atoms with Crippen LogP contribution in [0.25, 0.3) is 0 Å². The fraction of sp³-hybridized carbons (Fsp3) is 0.350. The molecule has 4 nitrogen and oxygen atoms in total. The highest BCUT2D eigenvalue weighted by atomic mass is 19.4. The molecule has 0 aliphatic heterocycles. The maximum Gasteiger partial charge on any atom is 0.416 e. The Morgan fingerprint density at radius 1 is 1.11 bits per heavy atom. The van der Waals surface area contributed by atoms with Crippen LogP contribution in [0.1, 0.15) is 36.1 Å². The van der Waals surface area contributed by atoms with Crippen molar-refractivity contribution in [2.45, 2.75) is 39.5 Å². The number of anilines is 1. The van der Waals surface area contributed by atoms with Gasteiger partial charge in [0.25, 0.3) is 0 Å². The second kappa shape index (κ2) is 8.79. The van der Waals surface area contributed by atoms with E-state index in [-0.39, 0.29) is 17.9 Å². The molecule has 27 heavy (non-hydrogen) atoms. The molecule has 0 aromatic heterocycles. The number of alkyl halides is 3. The lowest BCUT2D eigenvalue weighted by Gasteiger charge is -2.19. The van der Waals surface area contributed by atoms with Gasteiger partial charge in [0.15, 0.2) is 0 Å². The number of carbonyl (C=O) groups is 1. The predicted octanol–water partition coefficient (Wildman–Crippen LogP) is 5.59. The monoisotopic (exact) mass is 381 g/mol. The summed E-state index contributed by atoms with van der Waals surface area (Å²) in [5.74, 6) is 0.524. The summed E-state index contributed by atoms with van der Waals surface area (Å²) >= 11 is 0. The fourth-order valence-corrected chi connectivity index (χ4v) is 2.71. The highest BCUT2D eigenvalue weighted by molar-refractivity contribution is 5.85. The van der Waals surface area contributed by atoms with Crippen molar-refractivity contribution in [1.82, 2.24) is 0 Å². The summed E-state index contributed by atoms with van der Waals surface area (Å²) in [4.78, 5) is 11.5. The Kier molecular flexibility index (Phi) is 6.71. The third kappa shape index (κ3) is 5.15. The summed E-state index contributed by atoms with van der Waals surface area (Å²) in [5.41, 5.74) is 1.03. The topological polar surface area (TPSA) is 47.6 Å². The number of halogens is 3. The number of carbonyl (C=O) groups excluding carboxylic acids is 1. The Morgan fingerprint density at radius 2 is 1.85 bits per heavy atom. The molecule has 0 saturated carbocycles. The van der Waals surface area contributed by atoms with Crippen molar-refractivity contribution in [3.8, 4) is 5.75 Å². The van der Waals surface area contributed by atoms with Crippen LogP contribution in [0.4, 0.5) is 23.7 Å². The molecule has 0 saturated heterocycles. The number of aryl methyl sites for hydroxylation is 2. The number of methoxy groups -OCH3 is 1. The molecule has 2 rings (SSSR count). The van der Waals surface area contributed by atoms with Crippen molar-refractivity contribution in [3.63, 3.8) is 0 Å². The first kappa shape index (κ1) is 20.6. The van der Waals surface area contributed by atoms with Gasteiger partial charge in [0, 0.05) is 5.56 Å². The fourth-order valence-electron chi connectivity index (χ4n) is 2.71. The smallest absolute Gasteiger partial charge is 0.416 e. The van der Waals surface area contributed by atoms with Crippen LogP contribution < -0.4 is 10.1 Å². The molecular formula is C20H22F3NO3. The van der Waals surface area contributed by atoms with E-state index in [4.69, 9.17) is 4.74 Å². The minimum Gasteiger partial charge on any atom is -0.489 e. The average molecular weight is 381 g/mol. The Morgan fingerprint density at radius 3 is 2.44 bits per heavy atom. The lowest BCUT2D eigenvalue weighted by molar-refractivity contribution is -0.138. The largest absolute Gasteiger partial charge is 0.489 e. The molecule has 146 valence electrons. The number of hydrogen-bond donors (Lipinski definition) is 1. The van der Waals surface area contributed by atoms with Crippen LogP contribution >= 0.6 is 0 Å². The molecule has 0 spiro atoms. The quantitative estimate of drug-likeness (QED) is 0.710. The third-order valence-electron chi connectivity index (χ3n) is 4.19. The molecule has 2 aromatic carbocycles. The SMILES string of the molecule is CCc1ccc(OCc2c(NC(=O)OC)cccc2C(F)(F)F)c(CC)c1. The second-order valence-electron chi connectivity index (χ2n) is 5.88. The van der Waals surface area contributed by atoms with Gasteiger partial charge in [-0.1, -0.05) is 32.0 Å². The predicted molar refractivity (Wildman–Crippen MR) is 97.0 cm³/mol. The van der Waals surface area contributed by atoms with Gasteiger partial charge in [-0.3, -0.25) is 5.32 Å². The Balaban J connectivity index is 2.37. The molecule has 0 heterocycles. The van der Waals surface area contributed by atoms with Crippen LogP contribution in [0.3, 0.4) is 0 Å². The zero-order valence-corrected chi connectivity index (χ0v) is 15.4. The maximum absolute atomic E-state index is 13.4. The van der Waals surface area contributed by atoms with Crippen LogP contribution in [0.15, 0.2) is 36.4 Å². The molecule has 1 amide bonds. The molecule has 0 bridgehead atoms. The molecule has 0 aliphatic carbocycles. The van der Waals surface area contributed by atoms with Crippen LogP contribution in [0, 0.1) is 0 Å². The van der Waals surface area contributed by atoms with Gasteiger partial charge in [0.2, 0.25) is 0 Å². The average Bonchev–Trinajstić information content (AvgIpc) is 2.65. The summed E-state index contributed by atoms with van der Waals surface area (Å²) in [6.07, 6.45) is -3.88. The Labute approximate surface area is 156 Å². The number of amides is 1. The summed E-state index contributed by atoms with van der Waals surface area (Å²) in [6, 6.07) is 9.20. The number of hydrogen-bond acceptors (Lipinski definition) is 3. The van der Waals surface area contributed by atoms with Crippen molar-refractivity contribution in [1.29, 1.82) is 0 Å². The first-order valence-corrected chi connectivity index (χ1v) is 8.58. The third-order valence-corrected chi connectivity index (χ3v) is 4.19. The van der Waals surface area contributed by atoms with Crippen molar-refractivity contribution >= 4 is 11.8 Å². The van der Waals surface area contributed by atoms with Gasteiger partial charge in [-0.15, -0.1) is 0 Å². The standard InChI is InChI=1S/C20H22F3NO3/c1-4-13-9-10-18(14(5-2)11-13)27-12-15-16(20(21,22)23)7-6-8-17(15)24-19(25)26-3/h6-11H,4-5,12H2,1-3H3,(H,24,25). The van der Waals surface area contributed by atoms with Crippen LogP contribution in [-0.4, -0.2) is 13.2 Å². The molecule has 0 fully saturated rings. The van der Waals surface area contributed by atoms with Crippen molar-refractivity contribution in [2.75, 3.05) is 12.4 Å². The van der Waals surface area contributed by atoms with Gasteiger partial charge < -0.3 is 9.47 Å². The van der Waals surface area contributed by atoms with E-state index in [1.54, 1.807) is 6.07 Å². The molecule has 0 atom stereocenters. The van der Waals surface area contributed by atoms with E-state index >= 15 is 0 Å². The zero-order chi connectivity index (χ0) is 20.0. The molecule has 0 unspecified atom stereocenters. The normalized spacial score (nSPS) is 11.2. The molecule has 2 aromatic rings. The van der Waals surface area contributed by atoms with Crippen molar-refractivity contribution in [3.05, 3.63) is 58.7 Å². The van der Waals surface area contributed by atoms with E-state index in [0.717, 1.165) is 30.7 Å². The van der Waals surface area contributed by atoms with Gasteiger partial charge in [-0.25, -0.2) is 4.79 Å². The van der Waals surface area contributed by atoms with Crippen LogP contribution in [0.2, 0.25) is 0 Å². The van der Waals surface area contributed by atoms with Gasteiger partial charge in [0.05, 0.1) is 18.4 Å². The van der Waals surface area contributed by atoms with Crippen LogP contribution in [0.5, 0.6) is 5.75 Å². The minimum atomic E-state index is -4.58. The van der Waals surface area contributed by atoms with E-state index in [1.807, 2.05) is 26.0 Å². The van der Waals surface area contributed by atoms with E-state index in [2.05, 4.69) is 10.1 Å². The second-order valence-corrected chi connectivity index (χ2v) is 5.88. The van der Waals surface area contributed by atoms with Gasteiger partial charge >= 0.3 is 12.3 Å². The molecular weight excluding hydrogens is 359 g/mol. The van der Waals surface area contributed by atoms with Crippen molar-refractivity contribution in [2.24, 2.45) is 0 Å². The van der Waals surface area contributed by atoms with E-state index in [0.29, 0.717) is 12.2 Å². The summed E-state index contributed by atoms with van der Waals surface area (Å²) in [6.45, 7) is 3.64. The highest BCUT2D eigenvalue weighted by Crippen LogP contribution is 2.36.